The molecular formula is C10H20BO7P. The van der Waals surface area contributed by atoms with E-state index in [4.69, 9.17) is 31.3 Å². The Morgan fingerprint density at radius 1 is 1.26 bits per heavy atom. The van der Waals surface area contributed by atoms with Gasteiger partial charge in [0.05, 0.1) is 19.8 Å². The molecule has 1 aliphatic rings. The lowest BCUT2D eigenvalue weighted by molar-refractivity contribution is -0.0361. The Balaban J connectivity index is 2.70. The second-order valence-corrected chi connectivity index (χ2v) is 6.11. The quantitative estimate of drug-likeness (QED) is 0.376. The summed E-state index contributed by atoms with van der Waals surface area (Å²) < 4.78 is 37.3. The van der Waals surface area contributed by atoms with Crippen LogP contribution in [0.2, 0.25) is 0 Å². The number of ether oxygens (including phenoxy) is 4. The summed E-state index contributed by atoms with van der Waals surface area (Å²) in [6.45, 7) is 1.97. The highest BCUT2D eigenvalue weighted by atomic mass is 31.2. The normalized spacial score (nSPS) is 34.3. The van der Waals surface area contributed by atoms with Crippen molar-refractivity contribution in [2.45, 2.75) is 24.3 Å². The highest BCUT2D eigenvalue weighted by Crippen LogP contribution is 2.42. The summed E-state index contributed by atoms with van der Waals surface area (Å²) in [5, 5.41) is 0. The van der Waals surface area contributed by atoms with Crippen molar-refractivity contribution in [1.82, 2.24) is 0 Å². The van der Waals surface area contributed by atoms with E-state index in [-0.39, 0.29) is 13.2 Å². The van der Waals surface area contributed by atoms with Gasteiger partial charge in [0, 0.05) is 26.9 Å². The predicted molar refractivity (Wildman–Crippen MR) is 68.5 cm³/mol. The molecule has 2 radical (unpaired) electrons. The molecule has 5 atom stereocenters. The van der Waals surface area contributed by atoms with Crippen molar-refractivity contribution in [3.8, 4) is 0 Å². The maximum absolute atomic E-state index is 11.4. The van der Waals surface area contributed by atoms with Gasteiger partial charge < -0.3 is 23.8 Å². The van der Waals surface area contributed by atoms with Gasteiger partial charge in [-0.05, 0) is 0 Å². The lowest BCUT2D eigenvalue weighted by Crippen LogP contribution is -2.39. The molecule has 1 heterocycles. The predicted octanol–water partition coefficient (Wildman–Crippen LogP) is -0.242. The van der Waals surface area contributed by atoms with Crippen molar-refractivity contribution < 1.29 is 32.9 Å². The molecule has 3 unspecified atom stereocenters. The summed E-state index contributed by atoms with van der Waals surface area (Å²) in [4.78, 5) is 9.36. The van der Waals surface area contributed by atoms with Crippen LogP contribution in [0, 0.1) is 0 Å². The van der Waals surface area contributed by atoms with E-state index >= 15 is 0 Å². The van der Waals surface area contributed by atoms with Crippen LogP contribution < -0.4 is 0 Å². The van der Waals surface area contributed by atoms with Gasteiger partial charge in [0.25, 0.3) is 0 Å². The van der Waals surface area contributed by atoms with Crippen LogP contribution in [0.1, 0.15) is 0 Å². The van der Waals surface area contributed by atoms with Gasteiger partial charge in [-0.3, -0.25) is 9.09 Å². The molecule has 0 saturated carbocycles. The number of methoxy groups -OCH3 is 2. The molecule has 0 aromatic carbocycles. The number of rotatable bonds is 8. The van der Waals surface area contributed by atoms with Crippen LogP contribution in [0.4, 0.5) is 0 Å². The van der Waals surface area contributed by atoms with Crippen LogP contribution in [0.5, 0.6) is 0 Å². The molecule has 0 bridgehead atoms. The van der Waals surface area contributed by atoms with Gasteiger partial charge >= 0.3 is 7.60 Å². The second kappa shape index (κ2) is 7.74. The first kappa shape index (κ1) is 17.1. The van der Waals surface area contributed by atoms with Gasteiger partial charge in [0.15, 0.2) is 0 Å². The number of hydrogen-bond acceptors (Lipinski definition) is 6. The zero-order valence-electron chi connectivity index (χ0n) is 11.4. The van der Waals surface area contributed by atoms with Crippen molar-refractivity contribution >= 4 is 15.4 Å². The molecule has 1 saturated heterocycles. The monoisotopic (exact) mass is 294 g/mol. The molecular weight excluding hydrogens is 274 g/mol. The van der Waals surface area contributed by atoms with Crippen LogP contribution in [-0.2, 0) is 28.0 Å². The van der Waals surface area contributed by atoms with Crippen LogP contribution in [0.3, 0.4) is 0 Å². The molecule has 0 aromatic heterocycles. The van der Waals surface area contributed by atoms with E-state index in [2.05, 4.69) is 0 Å². The van der Waals surface area contributed by atoms with Crippen molar-refractivity contribution in [3.05, 3.63) is 0 Å². The van der Waals surface area contributed by atoms with Crippen LogP contribution in [0.25, 0.3) is 0 Å². The first-order valence-electron chi connectivity index (χ1n) is 5.88. The molecule has 1 aliphatic heterocycles. The highest BCUT2D eigenvalue weighted by Gasteiger charge is 2.45. The summed E-state index contributed by atoms with van der Waals surface area (Å²) in [5.41, 5.74) is 0. The Morgan fingerprint density at radius 3 is 2.47 bits per heavy atom. The zero-order chi connectivity index (χ0) is 14.5. The lowest BCUT2D eigenvalue weighted by Gasteiger charge is -2.25. The van der Waals surface area contributed by atoms with E-state index < -0.39 is 31.9 Å². The summed E-state index contributed by atoms with van der Waals surface area (Å²) in [5.74, 6) is 0. The Hall–Kier alpha value is 0.0549. The Labute approximate surface area is 114 Å². The maximum atomic E-state index is 11.4. The Kier molecular flexibility index (Phi) is 6.97. The maximum Gasteiger partial charge on any atom is 0.325 e. The molecule has 1 fully saturated rings. The molecule has 1 rings (SSSR count). The summed E-state index contributed by atoms with van der Waals surface area (Å²) in [6, 6.07) is -0.742. The van der Waals surface area contributed by atoms with E-state index in [1.807, 2.05) is 0 Å². The minimum atomic E-state index is -3.68. The third-order valence-electron chi connectivity index (χ3n) is 2.59. The molecule has 9 heteroatoms. The van der Waals surface area contributed by atoms with E-state index in [1.165, 1.54) is 7.11 Å². The summed E-state index contributed by atoms with van der Waals surface area (Å²) in [6.07, 6.45) is -1.95. The molecule has 0 spiro atoms. The van der Waals surface area contributed by atoms with Crippen molar-refractivity contribution in [1.29, 1.82) is 0 Å². The van der Waals surface area contributed by atoms with Gasteiger partial charge in [-0.1, -0.05) is 0 Å². The van der Waals surface area contributed by atoms with E-state index in [0.29, 0.717) is 6.61 Å². The standard InChI is InChI=1S/C10H20BO7P/c1-14-4-5-16-9-8(18-19(3,12)13)7(6-15-2)17-10(9)11/h7-10H,4-6H2,1-3H3,(H,12,13)/t7-,8?,9?,10-/m1/s1. The molecule has 1 N–H and O–H groups in total. The smallest absolute Gasteiger partial charge is 0.325 e. The molecule has 0 amide bonds. The Morgan fingerprint density at radius 2 is 1.95 bits per heavy atom. The minimum absolute atomic E-state index is 0.197. The van der Waals surface area contributed by atoms with Gasteiger partial charge in [0.2, 0.25) is 0 Å². The summed E-state index contributed by atoms with van der Waals surface area (Å²) in [7, 11) is 5.16. The molecule has 0 aliphatic carbocycles. The first-order chi connectivity index (χ1) is 8.89. The van der Waals surface area contributed by atoms with Crippen LogP contribution in [0.15, 0.2) is 0 Å². The SMILES string of the molecule is [B][C@@H]1O[C@H](COC)C(OP(C)(=O)O)C1OCCOC. The van der Waals surface area contributed by atoms with E-state index in [9.17, 15) is 9.46 Å². The van der Waals surface area contributed by atoms with Crippen LogP contribution >= 0.6 is 7.60 Å². The second-order valence-electron chi connectivity index (χ2n) is 4.30. The topological polar surface area (TPSA) is 83.5 Å². The van der Waals surface area contributed by atoms with Gasteiger partial charge in [0.1, 0.15) is 26.2 Å². The fraction of sp³-hybridized carbons (Fsp3) is 1.00. The van der Waals surface area contributed by atoms with Crippen molar-refractivity contribution in [3.63, 3.8) is 0 Å². The van der Waals surface area contributed by atoms with Crippen molar-refractivity contribution in [2.24, 2.45) is 0 Å². The third kappa shape index (κ3) is 5.51. The third-order valence-corrected chi connectivity index (χ3v) is 3.23. The lowest BCUT2D eigenvalue weighted by atomic mass is 9.93. The largest absolute Gasteiger partial charge is 0.382 e. The number of hydrogen-bond donors (Lipinski definition) is 1. The van der Waals surface area contributed by atoms with Gasteiger partial charge in [-0.15, -0.1) is 0 Å². The van der Waals surface area contributed by atoms with E-state index in [0.717, 1.165) is 6.66 Å². The first-order valence-corrected chi connectivity index (χ1v) is 7.90. The average Bonchev–Trinajstić information content (AvgIpc) is 2.56. The molecule has 110 valence electrons. The highest BCUT2D eigenvalue weighted by molar-refractivity contribution is 7.51. The van der Waals surface area contributed by atoms with Crippen LogP contribution in [-0.4, -0.2) is 77.8 Å². The minimum Gasteiger partial charge on any atom is -0.382 e. The molecule has 0 aromatic rings. The fourth-order valence-corrected chi connectivity index (χ4v) is 2.57. The van der Waals surface area contributed by atoms with Gasteiger partial charge in [-0.2, -0.15) is 0 Å². The zero-order valence-corrected chi connectivity index (χ0v) is 12.2. The van der Waals surface area contributed by atoms with E-state index in [1.54, 1.807) is 7.11 Å². The van der Waals surface area contributed by atoms with Crippen molar-refractivity contribution in [2.75, 3.05) is 40.7 Å². The average molecular weight is 294 g/mol. The molecule has 19 heavy (non-hydrogen) atoms. The summed E-state index contributed by atoms with van der Waals surface area (Å²) >= 11 is 0. The fourth-order valence-electron chi connectivity index (χ4n) is 1.86. The Bertz CT molecular complexity index is 310. The molecule has 7 nitrogen and oxygen atoms in total. The van der Waals surface area contributed by atoms with Gasteiger partial charge in [-0.25, -0.2) is 0 Å².